The van der Waals surface area contributed by atoms with Gasteiger partial charge in [-0.2, -0.15) is 0 Å². The van der Waals surface area contributed by atoms with Gasteiger partial charge in [-0.15, -0.1) is 5.10 Å². The van der Waals surface area contributed by atoms with Crippen molar-refractivity contribution >= 4 is 29.0 Å². The zero-order valence-corrected chi connectivity index (χ0v) is 11.6. The van der Waals surface area contributed by atoms with Gasteiger partial charge in [0, 0.05) is 29.7 Å². The molecule has 7 nitrogen and oxygen atoms in total. The smallest absolute Gasteiger partial charge is 0.343 e. The first-order chi connectivity index (χ1) is 9.54. The molecular weight excluding hydrogens is 278 g/mol. The normalized spacial score (nSPS) is 13.9. The summed E-state index contributed by atoms with van der Waals surface area (Å²) in [5, 5.41) is 9.64. The Labute approximate surface area is 118 Å². The van der Waals surface area contributed by atoms with E-state index in [1.165, 1.54) is 16.3 Å². The number of anilines is 2. The Morgan fingerprint density at radius 1 is 1.35 bits per heavy atom. The van der Waals surface area contributed by atoms with Crippen LogP contribution in [0, 0.1) is 0 Å². The number of aryl methyl sites for hydroxylation is 1. The second kappa shape index (κ2) is 4.71. The van der Waals surface area contributed by atoms with E-state index in [-0.39, 0.29) is 11.6 Å². The van der Waals surface area contributed by atoms with Crippen LogP contribution >= 0.6 is 11.8 Å². The van der Waals surface area contributed by atoms with Gasteiger partial charge >= 0.3 is 5.69 Å². The molecule has 1 aliphatic heterocycles. The molecule has 0 fully saturated rings. The van der Waals surface area contributed by atoms with Crippen molar-refractivity contribution in [3.8, 4) is 0 Å². The minimum atomic E-state index is -0.280. The summed E-state index contributed by atoms with van der Waals surface area (Å²) in [6, 6.07) is 3.69. The largest absolute Gasteiger partial charge is 0.398 e. The Morgan fingerprint density at radius 3 is 2.85 bits per heavy atom. The first-order valence-electron chi connectivity index (χ1n) is 6.06. The molecule has 2 heterocycles. The van der Waals surface area contributed by atoms with Gasteiger partial charge in [0.25, 0.3) is 0 Å². The highest BCUT2D eigenvalue weighted by atomic mass is 32.2. The molecule has 1 aliphatic rings. The number of nitrogens with two attached hydrogens (primary N) is 1. The Hall–Kier alpha value is -2.22. The third kappa shape index (κ3) is 2.18. The lowest BCUT2D eigenvalue weighted by Gasteiger charge is -2.18. The standard InChI is InChI=1S/C12H13N5O2S/c1-17-11(19)15-16-12(17)20-9-5-8-6(4-7(9)13)2-3-10(18)14-8/h4-5H,2-3,13H2,1H3,(H,14,18)(H,15,19). The number of nitrogens with zero attached hydrogens (tertiary/aromatic N) is 2. The SMILES string of the molecule is Cn1c(Sc2cc3c(cc2N)CCC(=O)N3)n[nH]c1=O. The molecule has 0 bridgehead atoms. The van der Waals surface area contributed by atoms with Crippen molar-refractivity contribution in [2.24, 2.45) is 7.05 Å². The number of aromatic nitrogens is 3. The summed E-state index contributed by atoms with van der Waals surface area (Å²) in [7, 11) is 1.63. The second-order valence-corrected chi connectivity index (χ2v) is 5.58. The average molecular weight is 291 g/mol. The quantitative estimate of drug-likeness (QED) is 0.707. The molecule has 0 saturated heterocycles. The topological polar surface area (TPSA) is 106 Å². The van der Waals surface area contributed by atoms with Gasteiger partial charge in [0.15, 0.2) is 5.16 Å². The predicted molar refractivity (Wildman–Crippen MR) is 75.8 cm³/mol. The number of amides is 1. The molecule has 0 unspecified atom stereocenters. The maximum Gasteiger partial charge on any atom is 0.343 e. The molecule has 104 valence electrons. The first-order valence-corrected chi connectivity index (χ1v) is 6.88. The minimum absolute atomic E-state index is 0.00499. The number of H-pyrrole nitrogens is 1. The second-order valence-electron chi connectivity index (χ2n) is 4.57. The Morgan fingerprint density at radius 2 is 2.15 bits per heavy atom. The zero-order chi connectivity index (χ0) is 14.3. The maximum absolute atomic E-state index is 11.4. The highest BCUT2D eigenvalue weighted by Crippen LogP contribution is 2.36. The molecule has 2 aromatic rings. The number of aromatic amines is 1. The summed E-state index contributed by atoms with van der Waals surface area (Å²) >= 11 is 1.28. The summed E-state index contributed by atoms with van der Waals surface area (Å²) in [6.07, 6.45) is 1.17. The van der Waals surface area contributed by atoms with E-state index >= 15 is 0 Å². The number of carbonyl (C=O) groups is 1. The third-order valence-electron chi connectivity index (χ3n) is 3.17. The van der Waals surface area contributed by atoms with Gasteiger partial charge in [-0.1, -0.05) is 0 Å². The number of fused-ring (bicyclic) bond motifs is 1. The van der Waals surface area contributed by atoms with Gasteiger partial charge in [0.1, 0.15) is 0 Å². The molecule has 0 aliphatic carbocycles. The molecule has 4 N–H and O–H groups in total. The van der Waals surface area contributed by atoms with Crippen molar-refractivity contribution in [2.75, 3.05) is 11.1 Å². The highest BCUT2D eigenvalue weighted by Gasteiger charge is 2.18. The maximum atomic E-state index is 11.4. The van der Waals surface area contributed by atoms with Gasteiger partial charge in [0.05, 0.1) is 0 Å². The molecule has 1 aromatic heterocycles. The molecule has 0 spiro atoms. The number of benzene rings is 1. The summed E-state index contributed by atoms with van der Waals surface area (Å²) < 4.78 is 1.40. The number of nitrogen functional groups attached to an aromatic ring is 1. The van der Waals surface area contributed by atoms with Gasteiger partial charge in [-0.25, -0.2) is 9.89 Å². The van der Waals surface area contributed by atoms with Gasteiger partial charge in [-0.05, 0) is 35.9 Å². The van der Waals surface area contributed by atoms with E-state index in [9.17, 15) is 9.59 Å². The van der Waals surface area contributed by atoms with Crippen LogP contribution < -0.4 is 16.7 Å². The highest BCUT2D eigenvalue weighted by molar-refractivity contribution is 7.99. The minimum Gasteiger partial charge on any atom is -0.398 e. The number of hydrogen-bond donors (Lipinski definition) is 3. The van der Waals surface area contributed by atoms with Crippen LogP contribution in [0.15, 0.2) is 27.0 Å². The van der Waals surface area contributed by atoms with E-state index in [0.717, 1.165) is 16.1 Å². The molecule has 0 atom stereocenters. The van der Waals surface area contributed by atoms with Crippen molar-refractivity contribution in [3.05, 3.63) is 28.2 Å². The monoisotopic (exact) mass is 291 g/mol. The molecule has 0 saturated carbocycles. The molecule has 1 aromatic carbocycles. The van der Waals surface area contributed by atoms with E-state index in [1.807, 2.05) is 12.1 Å². The average Bonchev–Trinajstić information content (AvgIpc) is 2.72. The lowest BCUT2D eigenvalue weighted by Crippen LogP contribution is -2.19. The number of hydrogen-bond acceptors (Lipinski definition) is 5. The van der Waals surface area contributed by atoms with Crippen LogP contribution in [0.5, 0.6) is 0 Å². The fraction of sp³-hybridized carbons (Fsp3) is 0.250. The van der Waals surface area contributed by atoms with E-state index in [4.69, 9.17) is 5.73 Å². The molecule has 0 radical (unpaired) electrons. The van der Waals surface area contributed by atoms with Crippen LogP contribution in [0.2, 0.25) is 0 Å². The lowest BCUT2D eigenvalue weighted by molar-refractivity contribution is -0.116. The first kappa shape index (κ1) is 12.8. The summed E-state index contributed by atoms with van der Waals surface area (Å²) in [4.78, 5) is 23.5. The van der Waals surface area contributed by atoms with Crippen molar-refractivity contribution in [2.45, 2.75) is 22.9 Å². The number of nitrogens with one attached hydrogen (secondary N) is 2. The number of carbonyl (C=O) groups excluding carboxylic acids is 1. The Balaban J connectivity index is 1.98. The summed E-state index contributed by atoms with van der Waals surface area (Å²) in [5.41, 5.74) is 8.16. The number of rotatable bonds is 2. The van der Waals surface area contributed by atoms with Crippen molar-refractivity contribution in [1.82, 2.24) is 14.8 Å². The molecular formula is C12H13N5O2S. The van der Waals surface area contributed by atoms with E-state index in [0.29, 0.717) is 23.7 Å². The zero-order valence-electron chi connectivity index (χ0n) is 10.8. The van der Waals surface area contributed by atoms with Crippen LogP contribution in [-0.2, 0) is 18.3 Å². The van der Waals surface area contributed by atoms with Gasteiger partial charge in [0.2, 0.25) is 5.91 Å². The van der Waals surface area contributed by atoms with Gasteiger partial charge < -0.3 is 11.1 Å². The van der Waals surface area contributed by atoms with Crippen molar-refractivity contribution in [3.63, 3.8) is 0 Å². The van der Waals surface area contributed by atoms with E-state index in [1.54, 1.807) is 7.05 Å². The molecule has 1 amide bonds. The molecule has 3 rings (SSSR count). The Bertz CT molecular complexity index is 749. The lowest BCUT2D eigenvalue weighted by atomic mass is 10.0. The van der Waals surface area contributed by atoms with Crippen molar-refractivity contribution in [1.29, 1.82) is 0 Å². The Kier molecular flexibility index (Phi) is 3.01. The van der Waals surface area contributed by atoms with Crippen LogP contribution in [0.25, 0.3) is 0 Å². The molecule has 8 heteroatoms. The van der Waals surface area contributed by atoms with E-state index in [2.05, 4.69) is 15.5 Å². The predicted octanol–water partition coefficient (Wildman–Crippen LogP) is 0.727. The van der Waals surface area contributed by atoms with Crippen LogP contribution in [0.4, 0.5) is 11.4 Å². The van der Waals surface area contributed by atoms with Crippen molar-refractivity contribution < 1.29 is 4.79 Å². The van der Waals surface area contributed by atoms with Crippen LogP contribution in [0.3, 0.4) is 0 Å². The van der Waals surface area contributed by atoms with Crippen LogP contribution in [-0.4, -0.2) is 20.7 Å². The summed E-state index contributed by atoms with van der Waals surface area (Å²) in [5.74, 6) is 0.00499. The van der Waals surface area contributed by atoms with E-state index < -0.39 is 0 Å². The van der Waals surface area contributed by atoms with Crippen LogP contribution in [0.1, 0.15) is 12.0 Å². The fourth-order valence-electron chi connectivity index (χ4n) is 2.04. The van der Waals surface area contributed by atoms with Gasteiger partial charge in [-0.3, -0.25) is 9.36 Å². The fourth-order valence-corrected chi connectivity index (χ4v) is 2.90. The third-order valence-corrected chi connectivity index (χ3v) is 4.29. The summed E-state index contributed by atoms with van der Waals surface area (Å²) in [6.45, 7) is 0. The molecule has 20 heavy (non-hydrogen) atoms.